The van der Waals surface area contributed by atoms with Crippen molar-refractivity contribution in [2.24, 2.45) is 5.73 Å². The highest BCUT2D eigenvalue weighted by Gasteiger charge is 2.54. The average Bonchev–Trinajstić information content (AvgIpc) is 2.83. The highest BCUT2D eigenvalue weighted by atomic mass is 16.2. The SMILES string of the molecule is CCN1CC(=O)N(CC)C12CNC(C(N)=O)C2. The largest absolute Gasteiger partial charge is 0.368 e. The van der Waals surface area contributed by atoms with E-state index in [1.165, 1.54) is 0 Å². The number of nitrogens with two attached hydrogens (primary N) is 1. The number of carbonyl (C=O) groups is 2. The van der Waals surface area contributed by atoms with Crippen LogP contribution in [-0.4, -0.2) is 59.5 Å². The number of nitrogens with zero attached hydrogens (tertiary/aromatic N) is 2. The van der Waals surface area contributed by atoms with Crippen LogP contribution < -0.4 is 11.1 Å². The van der Waals surface area contributed by atoms with Gasteiger partial charge in [0.05, 0.1) is 12.6 Å². The van der Waals surface area contributed by atoms with Gasteiger partial charge in [0.1, 0.15) is 5.66 Å². The Balaban J connectivity index is 2.27. The Labute approximate surface area is 101 Å². The smallest absolute Gasteiger partial charge is 0.238 e. The number of hydrogen-bond donors (Lipinski definition) is 2. The Morgan fingerprint density at radius 2 is 2.24 bits per heavy atom. The van der Waals surface area contributed by atoms with E-state index in [0.29, 0.717) is 26.1 Å². The molecule has 2 unspecified atom stereocenters. The summed E-state index contributed by atoms with van der Waals surface area (Å²) in [6.45, 7) is 6.53. The van der Waals surface area contributed by atoms with Crippen LogP contribution in [0.1, 0.15) is 20.3 Å². The van der Waals surface area contributed by atoms with Gasteiger partial charge in [-0.3, -0.25) is 14.5 Å². The van der Waals surface area contributed by atoms with Crippen molar-refractivity contribution >= 4 is 11.8 Å². The molecule has 3 N–H and O–H groups in total. The molecule has 0 bridgehead atoms. The minimum atomic E-state index is -0.347. The van der Waals surface area contributed by atoms with Gasteiger partial charge in [-0.25, -0.2) is 0 Å². The molecule has 2 fully saturated rings. The summed E-state index contributed by atoms with van der Waals surface area (Å²) in [4.78, 5) is 27.2. The summed E-state index contributed by atoms with van der Waals surface area (Å²) >= 11 is 0. The van der Waals surface area contributed by atoms with Gasteiger partial charge in [0.15, 0.2) is 0 Å². The van der Waals surface area contributed by atoms with Crippen LogP contribution in [0.15, 0.2) is 0 Å². The van der Waals surface area contributed by atoms with Gasteiger partial charge in [-0.2, -0.15) is 0 Å². The molecule has 2 amide bonds. The number of carbonyl (C=O) groups excluding carboxylic acids is 2. The Kier molecular flexibility index (Phi) is 3.09. The first kappa shape index (κ1) is 12.3. The highest BCUT2D eigenvalue weighted by Crippen LogP contribution is 2.34. The van der Waals surface area contributed by atoms with Crippen LogP contribution in [0.3, 0.4) is 0 Å². The minimum absolute atomic E-state index is 0.140. The van der Waals surface area contributed by atoms with Crippen molar-refractivity contribution in [2.45, 2.75) is 32.0 Å². The summed E-state index contributed by atoms with van der Waals surface area (Å²) < 4.78 is 0. The third-order valence-corrected chi connectivity index (χ3v) is 3.92. The molecule has 2 aliphatic rings. The zero-order valence-corrected chi connectivity index (χ0v) is 10.4. The van der Waals surface area contributed by atoms with Crippen molar-refractivity contribution in [1.82, 2.24) is 15.1 Å². The van der Waals surface area contributed by atoms with E-state index < -0.39 is 0 Å². The van der Waals surface area contributed by atoms with Crippen molar-refractivity contribution in [3.8, 4) is 0 Å². The second-order valence-corrected chi connectivity index (χ2v) is 4.67. The van der Waals surface area contributed by atoms with Crippen molar-refractivity contribution < 1.29 is 9.59 Å². The third kappa shape index (κ3) is 1.71. The molecule has 96 valence electrons. The van der Waals surface area contributed by atoms with Gasteiger partial charge in [-0.05, 0) is 13.5 Å². The zero-order chi connectivity index (χ0) is 12.6. The molecule has 0 aliphatic carbocycles. The summed E-state index contributed by atoms with van der Waals surface area (Å²) in [5, 5.41) is 3.13. The molecule has 2 atom stereocenters. The topological polar surface area (TPSA) is 78.7 Å². The molecule has 0 saturated carbocycles. The fourth-order valence-electron chi connectivity index (χ4n) is 3.08. The average molecular weight is 240 g/mol. The number of hydrogen-bond acceptors (Lipinski definition) is 4. The van der Waals surface area contributed by atoms with Crippen LogP contribution >= 0.6 is 0 Å². The van der Waals surface area contributed by atoms with Crippen molar-refractivity contribution in [2.75, 3.05) is 26.2 Å². The number of primary amides is 1. The van der Waals surface area contributed by atoms with Gasteiger partial charge >= 0.3 is 0 Å². The molecule has 0 aromatic rings. The molecule has 1 spiro atoms. The van der Waals surface area contributed by atoms with E-state index in [1.807, 2.05) is 18.7 Å². The van der Waals surface area contributed by atoms with E-state index in [1.54, 1.807) is 0 Å². The predicted octanol–water partition coefficient (Wildman–Crippen LogP) is -1.29. The molecule has 2 rings (SSSR count). The summed E-state index contributed by atoms with van der Waals surface area (Å²) in [6, 6.07) is -0.330. The van der Waals surface area contributed by atoms with Gasteiger partial charge in [0.2, 0.25) is 11.8 Å². The molecule has 2 heterocycles. The third-order valence-electron chi connectivity index (χ3n) is 3.92. The van der Waals surface area contributed by atoms with E-state index in [4.69, 9.17) is 5.73 Å². The monoisotopic (exact) mass is 240 g/mol. The van der Waals surface area contributed by atoms with Gasteiger partial charge in [0, 0.05) is 19.5 Å². The standard InChI is InChI=1S/C11H20N4O2/c1-3-14-6-9(16)15(4-2)11(14)5-8(10(12)17)13-7-11/h8,13H,3-7H2,1-2H3,(H2,12,17). The predicted molar refractivity (Wildman–Crippen MR) is 63.0 cm³/mol. The van der Waals surface area contributed by atoms with Crippen LogP contribution in [0.5, 0.6) is 0 Å². The molecule has 0 aromatic heterocycles. The lowest BCUT2D eigenvalue weighted by Crippen LogP contribution is -2.55. The van der Waals surface area contributed by atoms with Crippen molar-refractivity contribution in [3.05, 3.63) is 0 Å². The maximum absolute atomic E-state index is 12.0. The fourth-order valence-corrected chi connectivity index (χ4v) is 3.08. The summed E-state index contributed by atoms with van der Waals surface area (Å²) in [7, 11) is 0. The molecule has 0 radical (unpaired) electrons. The first-order valence-corrected chi connectivity index (χ1v) is 6.13. The summed E-state index contributed by atoms with van der Waals surface area (Å²) in [5.74, 6) is -0.199. The molecule has 2 saturated heterocycles. The van der Waals surface area contributed by atoms with Crippen LogP contribution in [0.4, 0.5) is 0 Å². The van der Waals surface area contributed by atoms with E-state index in [-0.39, 0.29) is 23.5 Å². The number of rotatable bonds is 3. The number of likely N-dealkylation sites (N-methyl/N-ethyl adjacent to an activating group) is 2. The van der Waals surface area contributed by atoms with Gasteiger partial charge in [0.25, 0.3) is 0 Å². The quantitative estimate of drug-likeness (QED) is 0.643. The Morgan fingerprint density at radius 1 is 1.53 bits per heavy atom. The molecule has 6 heteroatoms. The summed E-state index contributed by atoms with van der Waals surface area (Å²) in [6.07, 6.45) is 0.593. The minimum Gasteiger partial charge on any atom is -0.368 e. The van der Waals surface area contributed by atoms with Crippen LogP contribution in [-0.2, 0) is 9.59 Å². The maximum Gasteiger partial charge on any atom is 0.238 e. The second kappa shape index (κ2) is 4.27. The Morgan fingerprint density at radius 3 is 2.71 bits per heavy atom. The highest BCUT2D eigenvalue weighted by molar-refractivity contribution is 5.84. The molecule has 2 aliphatic heterocycles. The fraction of sp³-hybridized carbons (Fsp3) is 0.818. The van der Waals surface area contributed by atoms with Gasteiger partial charge < -0.3 is 16.0 Å². The molecule has 17 heavy (non-hydrogen) atoms. The Bertz CT molecular complexity index is 346. The molecule has 6 nitrogen and oxygen atoms in total. The normalized spacial score (nSPS) is 33.9. The number of nitrogens with one attached hydrogen (secondary N) is 1. The van der Waals surface area contributed by atoms with Gasteiger partial charge in [-0.1, -0.05) is 6.92 Å². The maximum atomic E-state index is 12.0. The van der Waals surface area contributed by atoms with Gasteiger partial charge in [-0.15, -0.1) is 0 Å². The Hall–Kier alpha value is -1.14. The first-order chi connectivity index (χ1) is 8.05. The van der Waals surface area contributed by atoms with E-state index >= 15 is 0 Å². The second-order valence-electron chi connectivity index (χ2n) is 4.67. The van der Waals surface area contributed by atoms with Crippen molar-refractivity contribution in [3.63, 3.8) is 0 Å². The lowest BCUT2D eigenvalue weighted by Gasteiger charge is -2.39. The number of amides is 2. The van der Waals surface area contributed by atoms with Crippen LogP contribution in [0.25, 0.3) is 0 Å². The molecule has 0 aromatic carbocycles. The molecular weight excluding hydrogens is 220 g/mol. The zero-order valence-electron chi connectivity index (χ0n) is 10.4. The summed E-state index contributed by atoms with van der Waals surface area (Å²) in [5.41, 5.74) is 4.99. The lowest BCUT2D eigenvalue weighted by atomic mass is 10.0. The van der Waals surface area contributed by atoms with E-state index in [0.717, 1.165) is 6.54 Å². The first-order valence-electron chi connectivity index (χ1n) is 6.13. The van der Waals surface area contributed by atoms with E-state index in [9.17, 15) is 9.59 Å². The van der Waals surface area contributed by atoms with E-state index in [2.05, 4.69) is 10.2 Å². The molecular formula is C11H20N4O2. The lowest BCUT2D eigenvalue weighted by molar-refractivity contribution is -0.130. The van der Waals surface area contributed by atoms with Crippen LogP contribution in [0, 0.1) is 0 Å². The van der Waals surface area contributed by atoms with Crippen molar-refractivity contribution in [1.29, 1.82) is 0 Å². The van der Waals surface area contributed by atoms with Crippen LogP contribution in [0.2, 0.25) is 0 Å².